The molecule has 30 heavy (non-hydrogen) atoms. The van der Waals surface area contributed by atoms with Crippen LogP contribution in [0.3, 0.4) is 0 Å². The fraction of sp³-hybridized carbons (Fsp3) is 0.273. The lowest BCUT2D eigenvalue weighted by Crippen LogP contribution is -2.41. The highest BCUT2D eigenvalue weighted by Crippen LogP contribution is 2.42. The van der Waals surface area contributed by atoms with Gasteiger partial charge in [-0.15, -0.1) is 0 Å². The number of benzene rings is 2. The lowest BCUT2D eigenvalue weighted by atomic mass is 10.1. The third-order valence-electron chi connectivity index (χ3n) is 4.24. The van der Waals surface area contributed by atoms with Crippen molar-refractivity contribution in [2.75, 3.05) is 21.3 Å². The zero-order valence-electron chi connectivity index (χ0n) is 17.3. The maximum absolute atomic E-state index is 12.4. The topological polar surface area (TPSA) is 80.3 Å². The second-order valence-corrected chi connectivity index (χ2v) is 7.81. The molecule has 2 aromatic rings. The molecule has 1 fully saturated rings. The van der Waals surface area contributed by atoms with E-state index < -0.39 is 17.7 Å². The number of carbonyl (C=O) groups is 2. The number of carbonyl (C=O) groups excluding carboxylic acids is 2. The first-order chi connectivity index (χ1) is 14.3. The lowest BCUT2D eigenvalue weighted by molar-refractivity contribution is -0.222. The van der Waals surface area contributed by atoms with Crippen LogP contribution in [0.25, 0.3) is 6.08 Å². The summed E-state index contributed by atoms with van der Waals surface area (Å²) in [7, 11) is 4.67. The molecule has 0 aliphatic carbocycles. The van der Waals surface area contributed by atoms with E-state index in [2.05, 4.69) is 0 Å². The summed E-state index contributed by atoms with van der Waals surface area (Å²) in [6, 6.07) is 10.8. The molecule has 0 bridgehead atoms. The Labute approximate surface area is 178 Å². The Morgan fingerprint density at radius 2 is 1.53 bits per heavy atom. The van der Waals surface area contributed by atoms with Gasteiger partial charge in [-0.05, 0) is 36.4 Å². The molecule has 1 aliphatic rings. The minimum Gasteiger partial charge on any atom is -0.497 e. The van der Waals surface area contributed by atoms with Crippen LogP contribution in [0, 0.1) is 0 Å². The number of cyclic esters (lactones) is 2. The molecule has 0 radical (unpaired) electrons. The Balaban J connectivity index is 2.07. The van der Waals surface area contributed by atoms with Gasteiger partial charge in [0, 0.05) is 24.3 Å². The number of hydrogen-bond donors (Lipinski definition) is 0. The van der Waals surface area contributed by atoms with Crippen LogP contribution in [0.5, 0.6) is 17.2 Å². The minimum atomic E-state index is -1.31. The molecule has 1 aliphatic heterocycles. The molecule has 8 heteroatoms. The van der Waals surface area contributed by atoms with Crippen molar-refractivity contribution in [3.63, 3.8) is 0 Å². The van der Waals surface area contributed by atoms with Gasteiger partial charge in [0.25, 0.3) is 5.79 Å². The summed E-state index contributed by atoms with van der Waals surface area (Å²) >= 11 is 1.38. The van der Waals surface area contributed by atoms with Crippen molar-refractivity contribution in [1.29, 1.82) is 0 Å². The zero-order chi connectivity index (χ0) is 21.9. The number of ether oxygens (including phenoxy) is 5. The molecule has 0 amide bonds. The first kappa shape index (κ1) is 21.6. The van der Waals surface area contributed by atoms with Gasteiger partial charge in [-0.2, -0.15) is 0 Å². The van der Waals surface area contributed by atoms with Crippen LogP contribution in [-0.2, 0) is 19.1 Å². The highest BCUT2D eigenvalue weighted by Gasteiger charge is 2.39. The minimum absolute atomic E-state index is 0.210. The van der Waals surface area contributed by atoms with Crippen molar-refractivity contribution in [3.05, 3.63) is 47.5 Å². The van der Waals surface area contributed by atoms with Gasteiger partial charge in [0.2, 0.25) is 0 Å². The summed E-state index contributed by atoms with van der Waals surface area (Å²) in [4.78, 5) is 26.3. The van der Waals surface area contributed by atoms with Crippen molar-refractivity contribution in [2.45, 2.75) is 29.4 Å². The Kier molecular flexibility index (Phi) is 6.26. The largest absolute Gasteiger partial charge is 0.497 e. The summed E-state index contributed by atoms with van der Waals surface area (Å²) in [5, 5.41) is 0. The summed E-state index contributed by atoms with van der Waals surface area (Å²) in [5.41, 5.74) is 0.330. The molecule has 0 spiro atoms. The average molecular weight is 430 g/mol. The maximum atomic E-state index is 12.4. The second-order valence-electron chi connectivity index (χ2n) is 6.73. The number of rotatable bonds is 6. The van der Waals surface area contributed by atoms with E-state index in [1.165, 1.54) is 38.8 Å². The second kappa shape index (κ2) is 8.71. The van der Waals surface area contributed by atoms with Crippen LogP contribution in [-0.4, -0.2) is 39.1 Å². The monoisotopic (exact) mass is 430 g/mol. The zero-order valence-corrected chi connectivity index (χ0v) is 18.1. The lowest BCUT2D eigenvalue weighted by Gasteiger charge is -2.29. The molecule has 0 unspecified atom stereocenters. The fourth-order valence-corrected chi connectivity index (χ4v) is 3.92. The molecule has 2 aromatic carbocycles. The first-order valence-electron chi connectivity index (χ1n) is 9.03. The molecule has 0 saturated carbocycles. The van der Waals surface area contributed by atoms with Crippen molar-refractivity contribution >= 4 is 29.8 Å². The van der Waals surface area contributed by atoms with E-state index in [0.717, 1.165) is 9.79 Å². The third-order valence-corrected chi connectivity index (χ3v) is 5.36. The smallest absolute Gasteiger partial charge is 0.348 e. The van der Waals surface area contributed by atoms with Gasteiger partial charge in [0.05, 0.1) is 26.2 Å². The van der Waals surface area contributed by atoms with E-state index in [9.17, 15) is 9.59 Å². The van der Waals surface area contributed by atoms with Gasteiger partial charge in [0.15, 0.2) is 0 Å². The van der Waals surface area contributed by atoms with Crippen LogP contribution < -0.4 is 14.2 Å². The first-order valence-corrected chi connectivity index (χ1v) is 9.85. The van der Waals surface area contributed by atoms with E-state index in [-0.39, 0.29) is 5.57 Å². The molecular weight excluding hydrogens is 408 g/mol. The van der Waals surface area contributed by atoms with Gasteiger partial charge < -0.3 is 23.7 Å². The number of methoxy groups -OCH3 is 3. The summed E-state index contributed by atoms with van der Waals surface area (Å²) in [6.07, 6.45) is 1.42. The molecule has 1 saturated heterocycles. The molecule has 3 rings (SSSR count). The third kappa shape index (κ3) is 4.54. The molecule has 158 valence electrons. The molecule has 0 N–H and O–H groups in total. The Morgan fingerprint density at radius 3 is 2.13 bits per heavy atom. The standard InChI is InChI=1S/C22H22O7S/c1-22(2)28-20(23)15(21(24)29-22)12-14-16(26-4)7-6-8-18(14)30-19-11-13(25-3)9-10-17(19)27-5/h6-12H,1-5H3. The van der Waals surface area contributed by atoms with Gasteiger partial charge in [0.1, 0.15) is 22.8 Å². The van der Waals surface area contributed by atoms with Crippen LogP contribution in [0.4, 0.5) is 0 Å². The SMILES string of the molecule is COc1ccc(OC)c(Sc2cccc(OC)c2C=C2C(=O)OC(C)(C)OC2=O)c1. The van der Waals surface area contributed by atoms with Crippen molar-refractivity contribution in [3.8, 4) is 17.2 Å². The number of esters is 2. The molecule has 0 atom stereocenters. The predicted molar refractivity (Wildman–Crippen MR) is 111 cm³/mol. The fourth-order valence-electron chi connectivity index (χ4n) is 2.84. The quantitative estimate of drug-likeness (QED) is 0.385. The molecule has 7 nitrogen and oxygen atoms in total. The van der Waals surface area contributed by atoms with E-state index in [1.54, 1.807) is 32.4 Å². The summed E-state index contributed by atoms with van der Waals surface area (Å²) < 4.78 is 26.6. The van der Waals surface area contributed by atoms with Crippen LogP contribution in [0.15, 0.2) is 51.8 Å². The van der Waals surface area contributed by atoms with Gasteiger partial charge in [-0.1, -0.05) is 17.8 Å². The van der Waals surface area contributed by atoms with E-state index in [1.807, 2.05) is 18.2 Å². The van der Waals surface area contributed by atoms with Crippen LogP contribution >= 0.6 is 11.8 Å². The normalized spacial score (nSPS) is 15.2. The van der Waals surface area contributed by atoms with Crippen molar-refractivity contribution < 1.29 is 33.3 Å². The molecular formula is C22H22O7S. The van der Waals surface area contributed by atoms with Crippen molar-refractivity contribution in [2.24, 2.45) is 0 Å². The maximum Gasteiger partial charge on any atom is 0.348 e. The van der Waals surface area contributed by atoms with Crippen LogP contribution in [0.2, 0.25) is 0 Å². The van der Waals surface area contributed by atoms with Crippen LogP contribution in [0.1, 0.15) is 19.4 Å². The Bertz CT molecular complexity index is 989. The number of hydrogen-bond acceptors (Lipinski definition) is 8. The Morgan fingerprint density at radius 1 is 0.867 bits per heavy atom. The van der Waals surface area contributed by atoms with Gasteiger partial charge >= 0.3 is 11.9 Å². The van der Waals surface area contributed by atoms with E-state index >= 15 is 0 Å². The predicted octanol–water partition coefficient (Wildman–Crippen LogP) is 4.08. The summed E-state index contributed by atoms with van der Waals surface area (Å²) in [5.74, 6) is -1.00. The highest BCUT2D eigenvalue weighted by atomic mass is 32.2. The highest BCUT2D eigenvalue weighted by molar-refractivity contribution is 7.99. The summed E-state index contributed by atoms with van der Waals surface area (Å²) in [6.45, 7) is 3.00. The average Bonchev–Trinajstić information content (AvgIpc) is 2.70. The Hall–Kier alpha value is -3.13. The van der Waals surface area contributed by atoms with Crippen molar-refractivity contribution in [1.82, 2.24) is 0 Å². The molecule has 0 aromatic heterocycles. The molecule has 1 heterocycles. The van der Waals surface area contributed by atoms with Gasteiger partial charge in [-0.25, -0.2) is 9.59 Å². The van der Waals surface area contributed by atoms with Gasteiger partial charge in [-0.3, -0.25) is 0 Å². The van der Waals surface area contributed by atoms with E-state index in [4.69, 9.17) is 23.7 Å². The van der Waals surface area contributed by atoms with E-state index in [0.29, 0.717) is 22.8 Å².